The SMILES string of the molecule is COc1ccc(Cl)cc1C(=O)Nc1cccc(C(=O)Nc2c(C)nn(-c3ccccc3)c2C)c1. The van der Waals surface area contributed by atoms with Gasteiger partial charge in [-0.2, -0.15) is 5.10 Å². The Morgan fingerprint density at radius 2 is 1.68 bits per heavy atom. The Bertz CT molecular complexity index is 1370. The van der Waals surface area contributed by atoms with Crippen molar-refractivity contribution in [3.8, 4) is 11.4 Å². The number of nitrogens with one attached hydrogen (secondary N) is 2. The molecule has 0 saturated heterocycles. The maximum Gasteiger partial charge on any atom is 0.259 e. The summed E-state index contributed by atoms with van der Waals surface area (Å²) in [5, 5.41) is 10.7. The first-order chi connectivity index (χ1) is 16.4. The molecule has 0 aliphatic heterocycles. The number of aromatic nitrogens is 2. The first-order valence-electron chi connectivity index (χ1n) is 10.6. The minimum atomic E-state index is -0.396. The molecule has 172 valence electrons. The number of amides is 2. The monoisotopic (exact) mass is 474 g/mol. The largest absolute Gasteiger partial charge is 0.496 e. The summed E-state index contributed by atoms with van der Waals surface area (Å²) >= 11 is 6.04. The van der Waals surface area contributed by atoms with E-state index in [9.17, 15) is 9.59 Å². The van der Waals surface area contributed by atoms with Gasteiger partial charge >= 0.3 is 0 Å². The maximum atomic E-state index is 13.0. The van der Waals surface area contributed by atoms with Gasteiger partial charge in [-0.25, -0.2) is 4.68 Å². The molecule has 34 heavy (non-hydrogen) atoms. The molecule has 4 aromatic rings. The number of hydrogen-bond donors (Lipinski definition) is 2. The second kappa shape index (κ2) is 9.80. The first-order valence-corrected chi connectivity index (χ1v) is 10.9. The third-order valence-electron chi connectivity index (χ3n) is 5.32. The van der Waals surface area contributed by atoms with Crippen molar-refractivity contribution in [1.82, 2.24) is 9.78 Å². The molecule has 1 aromatic heterocycles. The number of rotatable bonds is 6. The highest BCUT2D eigenvalue weighted by atomic mass is 35.5. The third kappa shape index (κ3) is 4.79. The van der Waals surface area contributed by atoms with Gasteiger partial charge in [-0.3, -0.25) is 9.59 Å². The standard InChI is InChI=1S/C26H23ClN4O3/c1-16-24(17(2)31(30-16)21-10-5-4-6-11-21)29-25(32)18-8-7-9-20(14-18)28-26(33)22-15-19(27)12-13-23(22)34-3/h4-15H,1-3H3,(H,28,33)(H,29,32). The fraction of sp³-hybridized carbons (Fsp3) is 0.115. The van der Waals surface area contributed by atoms with Crippen LogP contribution in [0.5, 0.6) is 5.75 Å². The highest BCUT2D eigenvalue weighted by Crippen LogP contribution is 2.25. The lowest BCUT2D eigenvalue weighted by Crippen LogP contribution is -2.16. The summed E-state index contributed by atoms with van der Waals surface area (Å²) in [5.74, 6) is -0.305. The molecule has 0 atom stereocenters. The zero-order valence-corrected chi connectivity index (χ0v) is 19.7. The highest BCUT2D eigenvalue weighted by Gasteiger charge is 2.17. The van der Waals surface area contributed by atoms with Gasteiger partial charge in [-0.05, 0) is 62.4 Å². The number of para-hydroxylation sites is 1. The van der Waals surface area contributed by atoms with Gasteiger partial charge < -0.3 is 15.4 Å². The van der Waals surface area contributed by atoms with Crippen molar-refractivity contribution >= 4 is 34.8 Å². The number of methoxy groups -OCH3 is 1. The minimum absolute atomic E-state index is 0.296. The van der Waals surface area contributed by atoms with Gasteiger partial charge in [0, 0.05) is 16.3 Å². The number of carbonyl (C=O) groups is 2. The Hall–Kier alpha value is -4.10. The van der Waals surface area contributed by atoms with Crippen LogP contribution in [0.3, 0.4) is 0 Å². The zero-order valence-electron chi connectivity index (χ0n) is 18.9. The van der Waals surface area contributed by atoms with Crippen LogP contribution in [0.4, 0.5) is 11.4 Å². The van der Waals surface area contributed by atoms with E-state index in [1.54, 1.807) is 41.1 Å². The molecular formula is C26H23ClN4O3. The van der Waals surface area contributed by atoms with E-state index in [4.69, 9.17) is 16.3 Å². The molecule has 0 aliphatic rings. The molecule has 0 saturated carbocycles. The maximum absolute atomic E-state index is 13.0. The van der Waals surface area contributed by atoms with Crippen molar-refractivity contribution in [2.45, 2.75) is 13.8 Å². The molecule has 0 unspecified atom stereocenters. The van der Waals surface area contributed by atoms with Gasteiger partial charge in [-0.1, -0.05) is 35.9 Å². The summed E-state index contributed by atoms with van der Waals surface area (Å²) in [6, 6.07) is 21.2. The Morgan fingerprint density at radius 1 is 0.912 bits per heavy atom. The molecule has 0 radical (unpaired) electrons. The molecule has 0 bridgehead atoms. The van der Waals surface area contributed by atoms with E-state index in [1.807, 2.05) is 44.2 Å². The second-order valence-corrected chi connectivity index (χ2v) is 8.06. The normalized spacial score (nSPS) is 10.6. The van der Waals surface area contributed by atoms with Crippen molar-refractivity contribution in [3.05, 3.63) is 100 Å². The number of hydrogen-bond acceptors (Lipinski definition) is 4. The average molecular weight is 475 g/mol. The quantitative estimate of drug-likeness (QED) is 0.378. The van der Waals surface area contributed by atoms with Crippen molar-refractivity contribution in [2.75, 3.05) is 17.7 Å². The Morgan fingerprint density at radius 3 is 2.41 bits per heavy atom. The smallest absolute Gasteiger partial charge is 0.259 e. The van der Waals surface area contributed by atoms with E-state index in [-0.39, 0.29) is 5.91 Å². The fourth-order valence-electron chi connectivity index (χ4n) is 3.62. The van der Waals surface area contributed by atoms with E-state index >= 15 is 0 Å². The number of aryl methyl sites for hydroxylation is 1. The van der Waals surface area contributed by atoms with E-state index < -0.39 is 5.91 Å². The summed E-state index contributed by atoms with van der Waals surface area (Å²) in [6.45, 7) is 3.74. The van der Waals surface area contributed by atoms with E-state index in [0.717, 1.165) is 11.4 Å². The Labute approximate surface area is 202 Å². The predicted octanol–water partition coefficient (Wildman–Crippen LogP) is 5.66. The Kier molecular flexibility index (Phi) is 6.65. The van der Waals surface area contributed by atoms with Crippen LogP contribution >= 0.6 is 11.6 Å². The number of carbonyl (C=O) groups excluding carboxylic acids is 2. The lowest BCUT2D eigenvalue weighted by atomic mass is 10.1. The molecule has 2 N–H and O–H groups in total. The van der Waals surface area contributed by atoms with Crippen LogP contribution < -0.4 is 15.4 Å². The predicted molar refractivity (Wildman–Crippen MR) is 133 cm³/mol. The number of anilines is 2. The second-order valence-electron chi connectivity index (χ2n) is 7.63. The van der Waals surface area contributed by atoms with E-state index in [2.05, 4.69) is 15.7 Å². The number of nitrogens with zero attached hydrogens (tertiary/aromatic N) is 2. The van der Waals surface area contributed by atoms with Gasteiger partial charge in [0.05, 0.1) is 35.4 Å². The van der Waals surface area contributed by atoms with Crippen LogP contribution in [-0.2, 0) is 0 Å². The summed E-state index contributed by atoms with van der Waals surface area (Å²) in [7, 11) is 1.48. The zero-order chi connectivity index (χ0) is 24.2. The summed E-state index contributed by atoms with van der Waals surface area (Å²) in [6.07, 6.45) is 0. The number of ether oxygens (including phenoxy) is 1. The van der Waals surface area contributed by atoms with Gasteiger partial charge in [0.1, 0.15) is 5.75 Å². The summed E-state index contributed by atoms with van der Waals surface area (Å²) in [4.78, 5) is 25.8. The van der Waals surface area contributed by atoms with Crippen LogP contribution in [0, 0.1) is 13.8 Å². The molecule has 4 rings (SSSR count). The van der Waals surface area contributed by atoms with Crippen LogP contribution in [-0.4, -0.2) is 28.7 Å². The van der Waals surface area contributed by atoms with Gasteiger partial charge in [0.15, 0.2) is 0 Å². The van der Waals surface area contributed by atoms with Gasteiger partial charge in [0.2, 0.25) is 0 Å². The van der Waals surface area contributed by atoms with Crippen LogP contribution in [0.1, 0.15) is 32.1 Å². The number of benzene rings is 3. The minimum Gasteiger partial charge on any atom is -0.496 e. The van der Waals surface area contributed by atoms with Crippen LogP contribution in [0.15, 0.2) is 72.8 Å². The molecule has 8 heteroatoms. The van der Waals surface area contributed by atoms with E-state index in [0.29, 0.717) is 39.0 Å². The topological polar surface area (TPSA) is 85.2 Å². The number of halogens is 1. The summed E-state index contributed by atoms with van der Waals surface area (Å²) < 4.78 is 7.04. The Balaban J connectivity index is 1.54. The lowest BCUT2D eigenvalue weighted by molar-refractivity contribution is 0.101. The lowest BCUT2D eigenvalue weighted by Gasteiger charge is -2.11. The molecule has 3 aromatic carbocycles. The molecule has 7 nitrogen and oxygen atoms in total. The third-order valence-corrected chi connectivity index (χ3v) is 5.55. The highest BCUT2D eigenvalue weighted by molar-refractivity contribution is 6.31. The van der Waals surface area contributed by atoms with Crippen molar-refractivity contribution in [2.24, 2.45) is 0 Å². The van der Waals surface area contributed by atoms with Crippen LogP contribution in [0.25, 0.3) is 5.69 Å². The van der Waals surface area contributed by atoms with E-state index in [1.165, 1.54) is 13.2 Å². The van der Waals surface area contributed by atoms with Gasteiger partial charge in [0.25, 0.3) is 11.8 Å². The van der Waals surface area contributed by atoms with Crippen molar-refractivity contribution < 1.29 is 14.3 Å². The molecule has 2 amide bonds. The average Bonchev–Trinajstić information content (AvgIpc) is 3.13. The first kappa shape index (κ1) is 23.1. The van der Waals surface area contributed by atoms with Crippen molar-refractivity contribution in [1.29, 1.82) is 0 Å². The molecule has 0 spiro atoms. The van der Waals surface area contributed by atoms with Gasteiger partial charge in [-0.15, -0.1) is 0 Å². The fourth-order valence-corrected chi connectivity index (χ4v) is 3.80. The molecule has 0 aliphatic carbocycles. The van der Waals surface area contributed by atoms with Crippen molar-refractivity contribution in [3.63, 3.8) is 0 Å². The molecular weight excluding hydrogens is 452 g/mol. The van der Waals surface area contributed by atoms with Crippen LogP contribution in [0.2, 0.25) is 5.02 Å². The molecule has 1 heterocycles. The summed E-state index contributed by atoms with van der Waals surface area (Å²) in [5.41, 5.74) is 4.22. The molecule has 0 fully saturated rings.